The summed E-state index contributed by atoms with van der Waals surface area (Å²) in [7, 11) is 0. The molecule has 4 rings (SSSR count). The van der Waals surface area contributed by atoms with Crippen LogP contribution in [0.1, 0.15) is 44.6 Å². The van der Waals surface area contributed by atoms with Crippen molar-refractivity contribution < 1.29 is 23.8 Å². The number of esters is 1. The minimum Gasteiger partial charge on any atom is -0.464 e. The van der Waals surface area contributed by atoms with Gasteiger partial charge in [-0.05, 0) is 43.2 Å². The van der Waals surface area contributed by atoms with Crippen molar-refractivity contribution in [3.63, 3.8) is 0 Å². The second kappa shape index (κ2) is 8.61. The van der Waals surface area contributed by atoms with E-state index in [2.05, 4.69) is 11.9 Å². The van der Waals surface area contributed by atoms with Crippen molar-refractivity contribution in [2.75, 3.05) is 24.9 Å². The van der Waals surface area contributed by atoms with Crippen molar-refractivity contribution >= 4 is 29.2 Å². The number of carbonyl (C=O) groups is 2. The average molecular weight is 416 g/mol. The quantitative estimate of drug-likeness (QED) is 0.518. The van der Waals surface area contributed by atoms with Crippen LogP contribution in [0.2, 0.25) is 0 Å². The molecular formula is C22H25NO5S. The third-order valence-electron chi connectivity index (χ3n) is 5.52. The highest BCUT2D eigenvalue weighted by Gasteiger charge is 2.43. The first-order valence-corrected chi connectivity index (χ1v) is 11.2. The molecule has 2 aliphatic heterocycles. The number of benzene rings is 1. The molecule has 0 amide bonds. The minimum atomic E-state index is -0.609. The van der Waals surface area contributed by atoms with E-state index < -0.39 is 11.8 Å². The van der Waals surface area contributed by atoms with Crippen LogP contribution in [0.15, 0.2) is 34.5 Å². The predicted molar refractivity (Wildman–Crippen MR) is 112 cm³/mol. The van der Waals surface area contributed by atoms with Crippen LogP contribution in [-0.4, -0.2) is 42.4 Å². The molecule has 0 radical (unpaired) electrons. The summed E-state index contributed by atoms with van der Waals surface area (Å²) in [6, 6.07) is 5.63. The molecule has 2 heterocycles. The molecule has 1 aromatic carbocycles. The van der Waals surface area contributed by atoms with Crippen molar-refractivity contribution in [3.05, 3.63) is 35.0 Å². The van der Waals surface area contributed by atoms with Gasteiger partial charge in [0.25, 0.3) is 0 Å². The van der Waals surface area contributed by atoms with E-state index in [0.717, 1.165) is 35.6 Å². The molecule has 0 fully saturated rings. The van der Waals surface area contributed by atoms with E-state index in [4.69, 9.17) is 14.2 Å². The molecule has 0 bridgehead atoms. The van der Waals surface area contributed by atoms with E-state index >= 15 is 0 Å². The number of rotatable bonds is 6. The van der Waals surface area contributed by atoms with Crippen molar-refractivity contribution in [2.24, 2.45) is 10.9 Å². The van der Waals surface area contributed by atoms with Gasteiger partial charge in [0.1, 0.15) is 12.5 Å². The Kier molecular flexibility index (Phi) is 5.94. The maximum absolute atomic E-state index is 13.1. The van der Waals surface area contributed by atoms with Gasteiger partial charge < -0.3 is 14.2 Å². The smallest absolute Gasteiger partial charge is 0.315 e. The van der Waals surface area contributed by atoms with Crippen LogP contribution in [0, 0.1) is 5.92 Å². The molecule has 0 saturated carbocycles. The van der Waals surface area contributed by atoms with Crippen LogP contribution < -0.4 is 9.47 Å². The van der Waals surface area contributed by atoms with Crippen LogP contribution in [0.4, 0.5) is 0 Å². The molecule has 0 spiro atoms. The minimum absolute atomic E-state index is 0.0736. The number of ketones is 1. The summed E-state index contributed by atoms with van der Waals surface area (Å²) in [5.74, 6) is 1.78. The largest absolute Gasteiger partial charge is 0.464 e. The van der Waals surface area contributed by atoms with Crippen LogP contribution in [0.25, 0.3) is 0 Å². The predicted octanol–water partition coefficient (Wildman–Crippen LogP) is 3.89. The third-order valence-corrected chi connectivity index (χ3v) is 6.38. The SMILES string of the molecule is CCSCCOC(=O)C1C(C)=NC2=C(C(=O)CCC2)[C@@H]1c1ccc2c(c1)OCO2. The fraction of sp³-hybridized carbons (Fsp3) is 0.500. The van der Waals surface area contributed by atoms with Gasteiger partial charge in [-0.15, -0.1) is 0 Å². The van der Waals surface area contributed by atoms with Gasteiger partial charge in [0.05, 0.1) is 0 Å². The lowest BCUT2D eigenvalue weighted by molar-refractivity contribution is -0.145. The lowest BCUT2D eigenvalue weighted by Gasteiger charge is -2.34. The molecule has 0 aromatic heterocycles. The molecule has 1 aliphatic carbocycles. The number of thioether (sulfide) groups is 1. The zero-order valence-corrected chi connectivity index (χ0v) is 17.5. The van der Waals surface area contributed by atoms with E-state index in [9.17, 15) is 9.59 Å². The Morgan fingerprint density at radius 1 is 1.28 bits per heavy atom. The first kappa shape index (κ1) is 20.0. The highest BCUT2D eigenvalue weighted by Crippen LogP contribution is 2.45. The maximum atomic E-state index is 13.1. The van der Waals surface area contributed by atoms with Gasteiger partial charge in [0, 0.05) is 35.1 Å². The molecule has 7 heteroatoms. The number of Topliss-reactive ketones (excluding diaryl/α,β-unsaturated/α-hetero) is 1. The number of aliphatic imine (C=N–C) groups is 1. The van der Waals surface area contributed by atoms with Gasteiger partial charge >= 0.3 is 5.97 Å². The Morgan fingerprint density at radius 2 is 2.10 bits per heavy atom. The van der Waals surface area contributed by atoms with Crippen molar-refractivity contribution in [2.45, 2.75) is 39.0 Å². The van der Waals surface area contributed by atoms with Gasteiger partial charge in [-0.1, -0.05) is 13.0 Å². The van der Waals surface area contributed by atoms with E-state index in [1.54, 1.807) is 11.8 Å². The lowest BCUT2D eigenvalue weighted by Crippen LogP contribution is -2.37. The van der Waals surface area contributed by atoms with Gasteiger partial charge in [0.2, 0.25) is 6.79 Å². The number of nitrogens with zero attached hydrogens (tertiary/aromatic N) is 1. The van der Waals surface area contributed by atoms with Crippen LogP contribution in [-0.2, 0) is 14.3 Å². The second-order valence-corrected chi connectivity index (χ2v) is 8.72. The standard InChI is InChI=1S/C22H25NO5S/c1-3-29-10-9-26-22(25)19-13(2)23-15-5-4-6-16(24)21(15)20(19)14-7-8-17-18(11-14)28-12-27-17/h7-8,11,19-20H,3-6,9-10,12H2,1-2H3/t19?,20-/m1/s1. The van der Waals surface area contributed by atoms with Gasteiger partial charge in [-0.2, -0.15) is 11.8 Å². The van der Waals surface area contributed by atoms with Crippen LogP contribution in [0.5, 0.6) is 11.5 Å². The number of ether oxygens (including phenoxy) is 3. The summed E-state index contributed by atoms with van der Waals surface area (Å²) < 4.78 is 16.5. The van der Waals surface area contributed by atoms with Crippen molar-refractivity contribution in [1.82, 2.24) is 0 Å². The first-order chi connectivity index (χ1) is 14.1. The fourth-order valence-corrected chi connectivity index (χ4v) is 4.70. The monoisotopic (exact) mass is 415 g/mol. The Labute approximate surface area is 174 Å². The topological polar surface area (TPSA) is 74.2 Å². The summed E-state index contributed by atoms with van der Waals surface area (Å²) in [5, 5.41) is 0. The molecule has 2 atom stereocenters. The molecule has 1 unspecified atom stereocenters. The molecule has 3 aliphatic rings. The van der Waals surface area contributed by atoms with E-state index in [1.165, 1.54) is 0 Å². The van der Waals surface area contributed by atoms with Gasteiger partial charge in [-0.25, -0.2) is 0 Å². The molecule has 1 aromatic rings. The Bertz CT molecular complexity index is 891. The highest BCUT2D eigenvalue weighted by molar-refractivity contribution is 7.99. The summed E-state index contributed by atoms with van der Waals surface area (Å²) in [4.78, 5) is 30.6. The lowest BCUT2D eigenvalue weighted by atomic mass is 9.71. The molecule has 154 valence electrons. The second-order valence-electron chi connectivity index (χ2n) is 7.32. The summed E-state index contributed by atoms with van der Waals surface area (Å²) in [6.45, 7) is 4.46. The molecule has 6 nitrogen and oxygen atoms in total. The van der Waals surface area contributed by atoms with Crippen LogP contribution >= 0.6 is 11.8 Å². The zero-order valence-electron chi connectivity index (χ0n) is 16.7. The number of fused-ring (bicyclic) bond motifs is 1. The first-order valence-electron chi connectivity index (χ1n) is 10.1. The van der Waals surface area contributed by atoms with Crippen molar-refractivity contribution in [1.29, 1.82) is 0 Å². The molecule has 29 heavy (non-hydrogen) atoms. The highest BCUT2D eigenvalue weighted by atomic mass is 32.2. The summed E-state index contributed by atoms with van der Waals surface area (Å²) in [5.41, 5.74) is 3.03. The molecule has 0 N–H and O–H groups in total. The number of hydrogen-bond acceptors (Lipinski definition) is 7. The van der Waals surface area contributed by atoms with E-state index in [1.807, 2.05) is 25.1 Å². The third kappa shape index (κ3) is 3.92. The van der Waals surface area contributed by atoms with Crippen LogP contribution in [0.3, 0.4) is 0 Å². The molecule has 0 saturated heterocycles. The summed E-state index contributed by atoms with van der Waals surface area (Å²) >= 11 is 1.73. The fourth-order valence-electron chi connectivity index (χ4n) is 4.21. The molecular weight excluding hydrogens is 390 g/mol. The van der Waals surface area contributed by atoms with E-state index in [0.29, 0.717) is 35.8 Å². The van der Waals surface area contributed by atoms with Gasteiger partial charge in [0.15, 0.2) is 17.3 Å². The maximum Gasteiger partial charge on any atom is 0.315 e. The normalized spacial score (nSPS) is 23.0. The van der Waals surface area contributed by atoms with E-state index in [-0.39, 0.29) is 18.5 Å². The number of hydrogen-bond donors (Lipinski definition) is 0. The van der Waals surface area contributed by atoms with Gasteiger partial charge in [-0.3, -0.25) is 14.6 Å². The average Bonchev–Trinajstić information content (AvgIpc) is 3.18. The summed E-state index contributed by atoms with van der Waals surface area (Å²) in [6.07, 6.45) is 2.05. The Morgan fingerprint density at radius 3 is 2.93 bits per heavy atom. The number of allylic oxidation sites excluding steroid dienone is 2. The zero-order chi connectivity index (χ0) is 20.4. The van der Waals surface area contributed by atoms with Crippen molar-refractivity contribution in [3.8, 4) is 11.5 Å². The Balaban J connectivity index is 1.71. The number of carbonyl (C=O) groups excluding carboxylic acids is 2. The Hall–Kier alpha value is -2.28.